The van der Waals surface area contributed by atoms with Gasteiger partial charge in [-0.15, -0.1) is 0 Å². The van der Waals surface area contributed by atoms with Gasteiger partial charge in [0.2, 0.25) is 0 Å². The Kier molecular flexibility index (Phi) is 5.03. The van der Waals surface area contributed by atoms with Crippen molar-refractivity contribution >= 4 is 13.4 Å². The Balaban J connectivity index is 2.20. The SMILES string of the molecule is COP(C)(=O)OCC(=O)C1(c2ccc(C)cc2)CCCC1. The van der Waals surface area contributed by atoms with E-state index < -0.39 is 13.0 Å². The molecule has 0 saturated heterocycles. The number of Topliss-reactive ketones (excluding diaryl/α,β-unsaturated/α-hetero) is 1. The summed E-state index contributed by atoms with van der Waals surface area (Å²) in [6.07, 6.45) is 3.74. The molecule has 2 rings (SSSR count). The van der Waals surface area contributed by atoms with Crippen LogP contribution in [0.3, 0.4) is 0 Å². The Labute approximate surface area is 126 Å². The summed E-state index contributed by atoms with van der Waals surface area (Å²) in [7, 11) is -1.79. The highest BCUT2D eigenvalue weighted by molar-refractivity contribution is 7.52. The van der Waals surface area contributed by atoms with Gasteiger partial charge in [-0.2, -0.15) is 0 Å². The second-order valence-corrected chi connectivity index (χ2v) is 7.97. The first-order valence-corrected chi connectivity index (χ1v) is 9.27. The van der Waals surface area contributed by atoms with E-state index in [9.17, 15) is 9.36 Å². The van der Waals surface area contributed by atoms with Crippen molar-refractivity contribution in [1.29, 1.82) is 0 Å². The van der Waals surface area contributed by atoms with Gasteiger partial charge in [0, 0.05) is 13.8 Å². The molecule has 1 aliphatic carbocycles. The van der Waals surface area contributed by atoms with Gasteiger partial charge < -0.3 is 9.05 Å². The molecule has 0 aliphatic heterocycles. The van der Waals surface area contributed by atoms with E-state index in [1.54, 1.807) is 0 Å². The molecule has 0 spiro atoms. The molecule has 0 aromatic heterocycles. The fourth-order valence-corrected chi connectivity index (χ4v) is 3.40. The minimum atomic E-state index is -3.12. The predicted octanol–water partition coefficient (Wildman–Crippen LogP) is 3.86. The van der Waals surface area contributed by atoms with Crippen molar-refractivity contribution in [1.82, 2.24) is 0 Å². The quantitative estimate of drug-likeness (QED) is 0.749. The van der Waals surface area contributed by atoms with E-state index in [0.717, 1.165) is 31.2 Å². The normalized spacial score (nSPS) is 20.1. The van der Waals surface area contributed by atoms with E-state index in [0.29, 0.717) is 0 Å². The molecule has 0 bridgehead atoms. The van der Waals surface area contributed by atoms with Crippen LogP contribution in [0.2, 0.25) is 0 Å². The molecule has 1 unspecified atom stereocenters. The van der Waals surface area contributed by atoms with Crippen LogP contribution in [0.15, 0.2) is 24.3 Å². The maximum absolute atomic E-state index is 12.7. The van der Waals surface area contributed by atoms with E-state index in [1.807, 2.05) is 31.2 Å². The van der Waals surface area contributed by atoms with Crippen molar-refractivity contribution in [3.05, 3.63) is 35.4 Å². The molecule has 0 N–H and O–H groups in total. The number of hydrogen-bond acceptors (Lipinski definition) is 4. The minimum Gasteiger partial charge on any atom is -0.312 e. The first-order valence-electron chi connectivity index (χ1n) is 7.28. The topological polar surface area (TPSA) is 52.6 Å². The van der Waals surface area contributed by atoms with Gasteiger partial charge in [0.05, 0.1) is 5.41 Å². The number of hydrogen-bond donors (Lipinski definition) is 0. The molecule has 1 aromatic carbocycles. The smallest absolute Gasteiger partial charge is 0.312 e. The molecule has 1 atom stereocenters. The summed E-state index contributed by atoms with van der Waals surface area (Å²) >= 11 is 0. The standard InChI is InChI=1S/C16H23O4P/c1-13-6-8-14(9-7-13)16(10-4-5-11-16)15(17)12-20-21(3,18)19-2/h6-9H,4-5,10-12H2,1-3H3. The Morgan fingerprint density at radius 2 is 1.81 bits per heavy atom. The van der Waals surface area contributed by atoms with Crippen LogP contribution in [-0.4, -0.2) is 26.2 Å². The number of ketones is 1. The van der Waals surface area contributed by atoms with Crippen LogP contribution in [0, 0.1) is 6.92 Å². The first kappa shape index (κ1) is 16.4. The van der Waals surface area contributed by atoms with Gasteiger partial charge in [0.1, 0.15) is 6.61 Å². The molecule has 4 nitrogen and oxygen atoms in total. The molecule has 1 aromatic rings. The van der Waals surface area contributed by atoms with Crippen LogP contribution < -0.4 is 0 Å². The second-order valence-electron chi connectivity index (χ2n) is 5.81. The molecular weight excluding hydrogens is 287 g/mol. The van der Waals surface area contributed by atoms with Crippen LogP contribution in [-0.2, 0) is 23.8 Å². The minimum absolute atomic E-state index is 0.00276. The summed E-state index contributed by atoms with van der Waals surface area (Å²) in [5.74, 6) is 0.00276. The van der Waals surface area contributed by atoms with Gasteiger partial charge in [-0.3, -0.25) is 9.36 Å². The molecule has 0 heterocycles. The summed E-state index contributed by atoms with van der Waals surface area (Å²) < 4.78 is 21.8. The fraction of sp³-hybridized carbons (Fsp3) is 0.562. The Hall–Kier alpha value is -0.960. The number of aryl methyl sites for hydroxylation is 1. The summed E-state index contributed by atoms with van der Waals surface area (Å²) in [6, 6.07) is 8.12. The third-order valence-corrected chi connectivity index (χ3v) is 5.62. The maximum atomic E-state index is 12.7. The van der Waals surface area contributed by atoms with Crippen molar-refractivity contribution in [2.75, 3.05) is 20.4 Å². The van der Waals surface area contributed by atoms with E-state index in [2.05, 4.69) is 0 Å². The fourth-order valence-electron chi connectivity index (χ4n) is 2.95. The first-order chi connectivity index (χ1) is 9.89. The number of rotatable bonds is 6. The Morgan fingerprint density at radius 1 is 1.24 bits per heavy atom. The molecule has 1 saturated carbocycles. The largest absolute Gasteiger partial charge is 0.327 e. The van der Waals surface area contributed by atoms with Gasteiger partial charge >= 0.3 is 7.60 Å². The second kappa shape index (κ2) is 6.43. The van der Waals surface area contributed by atoms with Gasteiger partial charge in [-0.25, -0.2) is 0 Å². The van der Waals surface area contributed by atoms with Crippen LogP contribution >= 0.6 is 7.60 Å². The van der Waals surface area contributed by atoms with Crippen LogP contribution in [0.1, 0.15) is 36.8 Å². The van der Waals surface area contributed by atoms with Gasteiger partial charge in [-0.1, -0.05) is 42.7 Å². The van der Waals surface area contributed by atoms with Crippen LogP contribution in [0.4, 0.5) is 0 Å². The highest BCUT2D eigenvalue weighted by atomic mass is 31.2. The van der Waals surface area contributed by atoms with Gasteiger partial charge in [-0.05, 0) is 25.3 Å². The van der Waals surface area contributed by atoms with Crippen molar-refractivity contribution in [3.63, 3.8) is 0 Å². The van der Waals surface area contributed by atoms with Crippen molar-refractivity contribution in [2.45, 2.75) is 38.0 Å². The van der Waals surface area contributed by atoms with E-state index >= 15 is 0 Å². The lowest BCUT2D eigenvalue weighted by Gasteiger charge is -2.28. The third-order valence-electron chi connectivity index (χ3n) is 4.36. The van der Waals surface area contributed by atoms with Crippen molar-refractivity contribution < 1.29 is 18.4 Å². The zero-order valence-electron chi connectivity index (χ0n) is 12.9. The lowest BCUT2D eigenvalue weighted by Crippen LogP contribution is -2.35. The number of carbonyl (C=O) groups excluding carboxylic acids is 1. The average molecular weight is 310 g/mol. The molecular formula is C16H23O4P. The number of carbonyl (C=O) groups is 1. The average Bonchev–Trinajstić information content (AvgIpc) is 2.96. The predicted molar refractivity (Wildman–Crippen MR) is 82.8 cm³/mol. The molecule has 5 heteroatoms. The summed E-state index contributed by atoms with van der Waals surface area (Å²) in [6.45, 7) is 3.25. The van der Waals surface area contributed by atoms with E-state index in [4.69, 9.17) is 9.05 Å². The summed E-state index contributed by atoms with van der Waals surface area (Å²) in [5, 5.41) is 0. The highest BCUT2D eigenvalue weighted by Gasteiger charge is 2.42. The summed E-state index contributed by atoms with van der Waals surface area (Å²) in [5.41, 5.74) is 1.73. The molecule has 0 radical (unpaired) electrons. The zero-order valence-corrected chi connectivity index (χ0v) is 13.8. The van der Waals surface area contributed by atoms with E-state index in [1.165, 1.54) is 19.3 Å². The van der Waals surface area contributed by atoms with Crippen molar-refractivity contribution in [3.8, 4) is 0 Å². The Bertz CT molecular complexity index is 544. The molecule has 0 amide bonds. The van der Waals surface area contributed by atoms with E-state index in [-0.39, 0.29) is 12.4 Å². The van der Waals surface area contributed by atoms with Crippen LogP contribution in [0.5, 0.6) is 0 Å². The molecule has 116 valence electrons. The monoisotopic (exact) mass is 310 g/mol. The zero-order chi connectivity index (χ0) is 15.5. The molecule has 1 aliphatic rings. The van der Waals surface area contributed by atoms with Gasteiger partial charge in [0.15, 0.2) is 5.78 Å². The Morgan fingerprint density at radius 3 is 2.33 bits per heavy atom. The third kappa shape index (κ3) is 3.63. The lowest BCUT2D eigenvalue weighted by molar-refractivity contribution is -0.126. The summed E-state index contributed by atoms with van der Waals surface area (Å²) in [4.78, 5) is 12.7. The van der Waals surface area contributed by atoms with Crippen LogP contribution in [0.25, 0.3) is 0 Å². The molecule has 1 fully saturated rings. The van der Waals surface area contributed by atoms with Crippen molar-refractivity contribution in [2.24, 2.45) is 0 Å². The highest BCUT2D eigenvalue weighted by Crippen LogP contribution is 2.46. The lowest BCUT2D eigenvalue weighted by atomic mass is 9.75. The number of benzene rings is 1. The van der Waals surface area contributed by atoms with Gasteiger partial charge in [0.25, 0.3) is 0 Å². The molecule has 21 heavy (non-hydrogen) atoms. The maximum Gasteiger partial charge on any atom is 0.327 e.